The predicted octanol–water partition coefficient (Wildman–Crippen LogP) is 4.84. The molecule has 29 heavy (non-hydrogen) atoms. The Balaban J connectivity index is 1.54. The Morgan fingerprint density at radius 1 is 1.00 bits per heavy atom. The largest absolute Gasteiger partial charge is 0.305 e. The number of carbonyl (C=O) groups excluding carboxylic acids is 1. The maximum Gasteiger partial charge on any atom is 0.261 e. The van der Waals surface area contributed by atoms with Crippen molar-refractivity contribution in [3.63, 3.8) is 0 Å². The highest BCUT2D eigenvalue weighted by Crippen LogP contribution is 2.33. The summed E-state index contributed by atoms with van der Waals surface area (Å²) in [4.78, 5) is 15.0. The third-order valence-electron chi connectivity index (χ3n) is 4.93. The molecule has 5 nitrogen and oxygen atoms in total. The lowest BCUT2D eigenvalue weighted by Gasteiger charge is -2.23. The number of carbonyl (C=O) groups is 1. The Morgan fingerprint density at radius 3 is 2.34 bits per heavy atom. The van der Waals surface area contributed by atoms with Crippen LogP contribution in [0.5, 0.6) is 0 Å². The van der Waals surface area contributed by atoms with Gasteiger partial charge in [0.2, 0.25) is 0 Å². The molecular weight excluding hydrogens is 452 g/mol. The van der Waals surface area contributed by atoms with E-state index in [-0.39, 0.29) is 16.8 Å². The number of rotatable bonds is 4. The molecule has 0 radical (unpaired) electrons. The minimum Gasteiger partial charge on any atom is -0.305 e. The average Bonchev–Trinajstić information content (AvgIpc) is 3.04. The van der Waals surface area contributed by atoms with Gasteiger partial charge in [-0.3, -0.25) is 9.52 Å². The molecule has 1 aliphatic rings. The van der Waals surface area contributed by atoms with E-state index in [1.165, 1.54) is 12.1 Å². The number of fused-ring (bicyclic) bond motifs is 1. The average molecular weight is 471 g/mol. The maximum atomic E-state index is 13.1. The molecule has 1 unspecified atom stereocenters. The highest BCUT2D eigenvalue weighted by molar-refractivity contribution is 9.10. The minimum atomic E-state index is -3.69. The van der Waals surface area contributed by atoms with Crippen LogP contribution in [0.3, 0.4) is 0 Å². The number of hydrogen-bond donors (Lipinski definition) is 1. The molecule has 148 valence electrons. The van der Waals surface area contributed by atoms with E-state index < -0.39 is 10.0 Å². The summed E-state index contributed by atoms with van der Waals surface area (Å²) < 4.78 is 28.4. The van der Waals surface area contributed by atoms with Crippen LogP contribution in [0.15, 0.2) is 82.2 Å². The van der Waals surface area contributed by atoms with Crippen LogP contribution < -0.4 is 9.62 Å². The molecule has 1 aliphatic heterocycles. The smallest absolute Gasteiger partial charge is 0.261 e. The number of nitrogens with one attached hydrogen (secondary N) is 1. The van der Waals surface area contributed by atoms with Crippen LogP contribution in [0.1, 0.15) is 22.8 Å². The molecule has 0 bridgehead atoms. The third-order valence-corrected chi connectivity index (χ3v) is 6.86. The van der Waals surface area contributed by atoms with Gasteiger partial charge in [-0.25, -0.2) is 8.42 Å². The fourth-order valence-electron chi connectivity index (χ4n) is 3.52. The van der Waals surface area contributed by atoms with E-state index in [2.05, 4.69) is 20.7 Å². The Morgan fingerprint density at radius 2 is 1.66 bits per heavy atom. The van der Waals surface area contributed by atoms with Crippen LogP contribution in [0.2, 0.25) is 0 Å². The summed E-state index contributed by atoms with van der Waals surface area (Å²) in [7, 11) is -3.69. The Kier molecular flexibility index (Phi) is 5.19. The first kappa shape index (κ1) is 19.7. The van der Waals surface area contributed by atoms with E-state index in [0.717, 1.165) is 22.1 Å². The van der Waals surface area contributed by atoms with E-state index in [1.807, 2.05) is 31.2 Å². The van der Waals surface area contributed by atoms with Gasteiger partial charge in [-0.1, -0.05) is 34.1 Å². The zero-order chi connectivity index (χ0) is 20.6. The lowest BCUT2D eigenvalue weighted by molar-refractivity contribution is 0.0981. The van der Waals surface area contributed by atoms with Crippen molar-refractivity contribution in [1.29, 1.82) is 0 Å². The first-order valence-electron chi connectivity index (χ1n) is 9.15. The number of halogens is 1. The van der Waals surface area contributed by atoms with Crippen molar-refractivity contribution < 1.29 is 13.2 Å². The molecule has 0 spiro atoms. The molecule has 0 aromatic heterocycles. The highest BCUT2D eigenvalue weighted by atomic mass is 79.9. The first-order valence-corrected chi connectivity index (χ1v) is 11.4. The van der Waals surface area contributed by atoms with Crippen molar-refractivity contribution >= 4 is 43.2 Å². The van der Waals surface area contributed by atoms with E-state index in [4.69, 9.17) is 0 Å². The molecule has 1 amide bonds. The second kappa shape index (κ2) is 7.65. The van der Waals surface area contributed by atoms with Crippen molar-refractivity contribution in [2.45, 2.75) is 24.3 Å². The number of hydrogen-bond acceptors (Lipinski definition) is 3. The van der Waals surface area contributed by atoms with Crippen molar-refractivity contribution in [3.05, 3.63) is 88.4 Å². The Bertz CT molecular complexity index is 1160. The number of nitrogens with zero attached hydrogens (tertiary/aromatic N) is 1. The van der Waals surface area contributed by atoms with Crippen LogP contribution in [-0.2, 0) is 16.4 Å². The number of amides is 1. The molecule has 1 N–H and O–H groups in total. The van der Waals surface area contributed by atoms with Crippen molar-refractivity contribution in [1.82, 2.24) is 0 Å². The van der Waals surface area contributed by atoms with Gasteiger partial charge >= 0.3 is 0 Å². The maximum absolute atomic E-state index is 13.1. The quantitative estimate of drug-likeness (QED) is 0.592. The summed E-state index contributed by atoms with van der Waals surface area (Å²) in [5.41, 5.74) is 3.01. The van der Waals surface area contributed by atoms with Gasteiger partial charge in [0.15, 0.2) is 0 Å². The van der Waals surface area contributed by atoms with Crippen LogP contribution >= 0.6 is 15.9 Å². The van der Waals surface area contributed by atoms with Gasteiger partial charge in [-0.05, 0) is 73.5 Å². The van der Waals surface area contributed by atoms with Crippen LogP contribution in [0, 0.1) is 0 Å². The number of para-hydroxylation sites is 1. The van der Waals surface area contributed by atoms with Crippen molar-refractivity contribution in [2.24, 2.45) is 0 Å². The molecule has 4 rings (SSSR count). The molecule has 1 atom stereocenters. The fourth-order valence-corrected chi connectivity index (χ4v) is 4.85. The summed E-state index contributed by atoms with van der Waals surface area (Å²) in [6.45, 7) is 2.03. The molecule has 7 heteroatoms. The van der Waals surface area contributed by atoms with Gasteiger partial charge in [0.25, 0.3) is 15.9 Å². The second-order valence-corrected chi connectivity index (χ2v) is 9.59. The van der Waals surface area contributed by atoms with E-state index in [9.17, 15) is 13.2 Å². The zero-order valence-corrected chi connectivity index (χ0v) is 18.1. The molecule has 3 aromatic carbocycles. The van der Waals surface area contributed by atoms with Gasteiger partial charge in [-0.15, -0.1) is 0 Å². The Labute approximate surface area is 178 Å². The first-order chi connectivity index (χ1) is 13.8. The topological polar surface area (TPSA) is 66.5 Å². The summed E-state index contributed by atoms with van der Waals surface area (Å²) >= 11 is 3.29. The lowest BCUT2D eigenvalue weighted by Crippen LogP contribution is -2.35. The molecule has 0 aliphatic carbocycles. The standard InChI is InChI=1S/C22H19BrN2O3S/c1-15-14-17-4-2-3-5-21(17)25(15)22(26)16-6-10-19(11-7-16)24-29(27,28)20-12-8-18(23)9-13-20/h2-13,15,24H,14H2,1H3. The van der Waals surface area contributed by atoms with E-state index >= 15 is 0 Å². The number of sulfonamides is 1. The summed E-state index contributed by atoms with van der Waals surface area (Å²) in [5, 5.41) is 0. The minimum absolute atomic E-state index is 0.0792. The van der Waals surface area contributed by atoms with E-state index in [0.29, 0.717) is 11.3 Å². The molecule has 1 heterocycles. The monoisotopic (exact) mass is 470 g/mol. The Hall–Kier alpha value is -2.64. The van der Waals surface area contributed by atoms with Crippen molar-refractivity contribution in [2.75, 3.05) is 9.62 Å². The molecule has 0 saturated carbocycles. The van der Waals surface area contributed by atoms with Gasteiger partial charge < -0.3 is 4.90 Å². The van der Waals surface area contributed by atoms with Gasteiger partial charge in [0, 0.05) is 27.5 Å². The summed E-state index contributed by atoms with van der Waals surface area (Å²) in [6, 6.07) is 20.9. The molecule has 0 saturated heterocycles. The van der Waals surface area contributed by atoms with Gasteiger partial charge in [0.1, 0.15) is 0 Å². The van der Waals surface area contributed by atoms with Crippen LogP contribution in [0.4, 0.5) is 11.4 Å². The highest BCUT2D eigenvalue weighted by Gasteiger charge is 2.31. The number of anilines is 2. The molecule has 0 fully saturated rings. The number of benzene rings is 3. The molecule has 3 aromatic rings. The lowest BCUT2D eigenvalue weighted by atomic mass is 10.1. The summed E-state index contributed by atoms with van der Waals surface area (Å²) in [6.07, 6.45) is 0.826. The van der Waals surface area contributed by atoms with Crippen LogP contribution in [-0.4, -0.2) is 20.4 Å². The SMILES string of the molecule is CC1Cc2ccccc2N1C(=O)c1ccc(NS(=O)(=O)c2ccc(Br)cc2)cc1. The normalized spacial score (nSPS) is 15.8. The van der Waals surface area contributed by atoms with Crippen LogP contribution in [0.25, 0.3) is 0 Å². The predicted molar refractivity (Wildman–Crippen MR) is 118 cm³/mol. The second-order valence-electron chi connectivity index (χ2n) is 6.99. The third kappa shape index (κ3) is 3.93. The van der Waals surface area contributed by atoms with Crippen molar-refractivity contribution in [3.8, 4) is 0 Å². The van der Waals surface area contributed by atoms with Gasteiger partial charge in [0.05, 0.1) is 4.90 Å². The van der Waals surface area contributed by atoms with E-state index in [1.54, 1.807) is 41.3 Å². The summed E-state index contributed by atoms with van der Waals surface area (Å²) in [5.74, 6) is -0.0928. The van der Waals surface area contributed by atoms with Gasteiger partial charge in [-0.2, -0.15) is 0 Å². The molecular formula is C22H19BrN2O3S. The fraction of sp³-hybridized carbons (Fsp3) is 0.136. The zero-order valence-electron chi connectivity index (χ0n) is 15.7.